The third-order valence-corrected chi connectivity index (χ3v) is 7.54. The summed E-state index contributed by atoms with van der Waals surface area (Å²) < 4.78 is 5.27. The summed E-state index contributed by atoms with van der Waals surface area (Å²) in [5.74, 6) is 2.12. The third-order valence-electron chi connectivity index (χ3n) is 7.54. The van der Waals surface area contributed by atoms with E-state index < -0.39 is 0 Å². The summed E-state index contributed by atoms with van der Waals surface area (Å²) >= 11 is 0. The van der Waals surface area contributed by atoms with Gasteiger partial charge >= 0.3 is 0 Å². The van der Waals surface area contributed by atoms with Gasteiger partial charge < -0.3 is 14.5 Å². The number of rotatable bonds is 4. The van der Waals surface area contributed by atoms with E-state index in [1.165, 1.54) is 6.42 Å². The summed E-state index contributed by atoms with van der Waals surface area (Å²) in [4.78, 5) is 30.7. The molecule has 2 atom stereocenters. The lowest BCUT2D eigenvalue weighted by atomic mass is 9.84. The maximum Gasteiger partial charge on any atom is 0.233 e. The van der Waals surface area contributed by atoms with Gasteiger partial charge in [-0.05, 0) is 62.1 Å². The fourth-order valence-corrected chi connectivity index (χ4v) is 5.36. The van der Waals surface area contributed by atoms with Crippen molar-refractivity contribution in [3.05, 3.63) is 29.8 Å². The van der Waals surface area contributed by atoms with Crippen LogP contribution in [0.1, 0.15) is 50.5 Å². The molecule has 3 aliphatic heterocycles. The summed E-state index contributed by atoms with van der Waals surface area (Å²) in [6.45, 7) is 2.39. The van der Waals surface area contributed by atoms with E-state index in [1.807, 2.05) is 24.3 Å². The molecule has 2 saturated carbocycles. The molecular weight excluding hydrogens is 352 g/mol. The number of hydrogen-bond donors (Lipinski definition) is 0. The molecule has 2 bridgehead atoms. The molecule has 6 rings (SSSR count). The zero-order valence-corrected chi connectivity index (χ0v) is 16.7. The maximum atomic E-state index is 13.6. The van der Waals surface area contributed by atoms with E-state index in [-0.39, 0.29) is 23.3 Å². The van der Waals surface area contributed by atoms with Crippen molar-refractivity contribution < 1.29 is 14.3 Å². The Labute approximate surface area is 167 Å². The predicted octanol–water partition coefficient (Wildman–Crippen LogP) is 2.98. The van der Waals surface area contributed by atoms with Crippen molar-refractivity contribution in [2.24, 2.45) is 11.8 Å². The molecule has 5 nitrogen and oxygen atoms in total. The largest absolute Gasteiger partial charge is 0.497 e. The van der Waals surface area contributed by atoms with Gasteiger partial charge in [0.25, 0.3) is 0 Å². The van der Waals surface area contributed by atoms with Gasteiger partial charge in [0.1, 0.15) is 5.75 Å². The topological polar surface area (TPSA) is 49.9 Å². The first-order valence-corrected chi connectivity index (χ1v) is 10.8. The molecule has 0 spiro atoms. The number of piperidine rings is 1. The minimum Gasteiger partial charge on any atom is -0.497 e. The maximum absolute atomic E-state index is 13.6. The highest BCUT2D eigenvalue weighted by Gasteiger charge is 2.55. The summed E-state index contributed by atoms with van der Waals surface area (Å²) in [6, 6.07) is 8.19. The minimum atomic E-state index is -0.348. The van der Waals surface area contributed by atoms with Crippen LogP contribution in [0.3, 0.4) is 0 Å². The second-order valence-electron chi connectivity index (χ2n) is 9.24. The van der Waals surface area contributed by atoms with E-state index in [0.29, 0.717) is 11.8 Å². The van der Waals surface area contributed by atoms with E-state index in [1.54, 1.807) is 7.11 Å². The number of hydrogen-bond acceptors (Lipinski definition) is 3. The molecule has 28 heavy (non-hydrogen) atoms. The second-order valence-corrected chi connectivity index (χ2v) is 9.24. The van der Waals surface area contributed by atoms with Crippen LogP contribution >= 0.6 is 0 Å². The molecule has 0 radical (unpaired) electrons. The van der Waals surface area contributed by atoms with Gasteiger partial charge in [0.15, 0.2) is 0 Å². The van der Waals surface area contributed by atoms with Crippen molar-refractivity contribution in [3.8, 4) is 5.75 Å². The van der Waals surface area contributed by atoms with Crippen molar-refractivity contribution in [1.29, 1.82) is 0 Å². The monoisotopic (exact) mass is 382 g/mol. The molecular formula is C23H30N2O3. The van der Waals surface area contributed by atoms with Crippen LogP contribution in [0.25, 0.3) is 0 Å². The molecule has 1 aromatic rings. The molecule has 3 heterocycles. The van der Waals surface area contributed by atoms with Crippen molar-refractivity contribution in [2.75, 3.05) is 26.7 Å². The van der Waals surface area contributed by atoms with Gasteiger partial charge in [-0.1, -0.05) is 18.6 Å². The first-order chi connectivity index (χ1) is 13.6. The van der Waals surface area contributed by atoms with E-state index in [4.69, 9.17) is 4.74 Å². The first kappa shape index (κ1) is 18.0. The number of methoxy groups -OCH3 is 1. The summed E-state index contributed by atoms with van der Waals surface area (Å²) in [5, 5.41) is 0. The Morgan fingerprint density at radius 3 is 2.36 bits per heavy atom. The molecule has 2 aliphatic carbocycles. The Bertz CT molecular complexity index is 767. The van der Waals surface area contributed by atoms with Crippen molar-refractivity contribution in [1.82, 2.24) is 9.80 Å². The molecule has 5 aliphatic rings. The van der Waals surface area contributed by atoms with Crippen LogP contribution in [0.5, 0.6) is 5.75 Å². The smallest absolute Gasteiger partial charge is 0.233 e. The van der Waals surface area contributed by atoms with Gasteiger partial charge in [-0.2, -0.15) is 0 Å². The number of carbonyl (C=O) groups is 2. The number of nitrogens with zero attached hydrogens (tertiary/aromatic N) is 2. The molecule has 1 aromatic carbocycles. The highest BCUT2D eigenvalue weighted by atomic mass is 16.5. The molecule has 0 N–H and O–H groups in total. The number of ether oxygens (including phenoxy) is 1. The number of amides is 2. The van der Waals surface area contributed by atoms with Gasteiger partial charge in [0, 0.05) is 31.6 Å². The zero-order valence-electron chi connectivity index (χ0n) is 16.7. The molecule has 5 fully saturated rings. The van der Waals surface area contributed by atoms with Crippen molar-refractivity contribution in [2.45, 2.75) is 56.4 Å². The quantitative estimate of drug-likeness (QED) is 0.804. The van der Waals surface area contributed by atoms with E-state index >= 15 is 0 Å². The minimum absolute atomic E-state index is 0.186. The first-order valence-electron chi connectivity index (χ1n) is 10.8. The fraction of sp³-hybridized carbons (Fsp3) is 0.652. The zero-order chi connectivity index (χ0) is 19.3. The molecule has 0 unspecified atom stereocenters. The van der Waals surface area contributed by atoms with Crippen LogP contribution in [-0.4, -0.2) is 54.4 Å². The van der Waals surface area contributed by atoms with Crippen molar-refractivity contribution >= 4 is 11.8 Å². The average molecular weight is 383 g/mol. The van der Waals surface area contributed by atoms with Gasteiger partial charge in [0.2, 0.25) is 11.8 Å². The number of benzene rings is 1. The Kier molecular flexibility index (Phi) is 4.37. The van der Waals surface area contributed by atoms with Crippen LogP contribution in [0.15, 0.2) is 24.3 Å². The van der Waals surface area contributed by atoms with Crippen molar-refractivity contribution in [3.63, 3.8) is 0 Å². The highest BCUT2D eigenvalue weighted by molar-refractivity contribution is 5.92. The molecule has 150 valence electrons. The lowest BCUT2D eigenvalue weighted by Gasteiger charge is -2.38. The summed E-state index contributed by atoms with van der Waals surface area (Å²) in [5.41, 5.74) is 0.764. The Balaban J connectivity index is 1.34. The predicted molar refractivity (Wildman–Crippen MR) is 106 cm³/mol. The normalized spacial score (nSPS) is 28.5. The Morgan fingerprint density at radius 2 is 1.75 bits per heavy atom. The van der Waals surface area contributed by atoms with Gasteiger partial charge in [-0.25, -0.2) is 0 Å². The standard InChI is InChI=1S/C23H30N2O3/c1-28-20-9-6-18(7-10-20)23(11-12-23)22(27)25-14-16-5-8-19(25)15-24(13-16)21(26)17-3-2-4-17/h6-7,9-10,16-17,19H,2-5,8,11-15H2,1H3/t16-,19+/m0/s1. The molecule has 0 aromatic heterocycles. The van der Waals surface area contributed by atoms with Crippen LogP contribution < -0.4 is 4.74 Å². The van der Waals surface area contributed by atoms with E-state index in [9.17, 15) is 9.59 Å². The average Bonchev–Trinajstić information content (AvgIpc) is 3.51. The third kappa shape index (κ3) is 2.90. The molecule has 5 heteroatoms. The van der Waals surface area contributed by atoms with Crippen LogP contribution in [0, 0.1) is 11.8 Å². The lowest BCUT2D eigenvalue weighted by Crippen LogP contribution is -2.51. The second kappa shape index (κ2) is 6.78. The number of carbonyl (C=O) groups excluding carboxylic acids is 2. The number of fused-ring (bicyclic) bond motifs is 4. The van der Waals surface area contributed by atoms with Crippen LogP contribution in [0.2, 0.25) is 0 Å². The summed E-state index contributed by atoms with van der Waals surface area (Å²) in [6.07, 6.45) is 7.31. The lowest BCUT2D eigenvalue weighted by molar-refractivity contribution is -0.141. The summed E-state index contributed by atoms with van der Waals surface area (Å²) in [7, 11) is 1.66. The van der Waals surface area contributed by atoms with Gasteiger partial charge in [0.05, 0.1) is 12.5 Å². The highest BCUT2D eigenvalue weighted by Crippen LogP contribution is 2.51. The molecule has 2 amide bonds. The Morgan fingerprint density at radius 1 is 1.00 bits per heavy atom. The SMILES string of the molecule is COc1ccc(C2(C(=O)N3C[C@H]4CC[C@@H]3CN(C(=O)C3CCC3)C4)CC2)cc1. The Hall–Kier alpha value is -2.04. The van der Waals surface area contributed by atoms with Gasteiger partial charge in [-0.15, -0.1) is 0 Å². The van der Waals surface area contributed by atoms with E-state index in [2.05, 4.69) is 9.80 Å². The van der Waals surface area contributed by atoms with Crippen LogP contribution in [-0.2, 0) is 15.0 Å². The van der Waals surface area contributed by atoms with E-state index in [0.717, 1.165) is 69.5 Å². The van der Waals surface area contributed by atoms with Gasteiger partial charge in [-0.3, -0.25) is 9.59 Å². The fourth-order valence-electron chi connectivity index (χ4n) is 5.36. The van der Waals surface area contributed by atoms with Crippen LogP contribution in [0.4, 0.5) is 0 Å². The molecule has 3 saturated heterocycles.